The van der Waals surface area contributed by atoms with Gasteiger partial charge in [-0.05, 0) is 31.0 Å². The molecule has 0 spiro atoms. The minimum atomic E-state index is -0.262. The highest BCUT2D eigenvalue weighted by atomic mass is 16.3. The van der Waals surface area contributed by atoms with Crippen LogP contribution in [0.25, 0.3) is 0 Å². The van der Waals surface area contributed by atoms with Gasteiger partial charge in [0.25, 0.3) is 0 Å². The zero-order valence-corrected chi connectivity index (χ0v) is 9.55. The van der Waals surface area contributed by atoms with E-state index in [9.17, 15) is 5.11 Å². The summed E-state index contributed by atoms with van der Waals surface area (Å²) in [6, 6.07) is 10.4. The fourth-order valence-corrected chi connectivity index (χ4v) is 2.31. The summed E-state index contributed by atoms with van der Waals surface area (Å²) in [4.78, 5) is 2.30. The fourth-order valence-electron chi connectivity index (χ4n) is 2.31. The van der Waals surface area contributed by atoms with Gasteiger partial charge in [0.05, 0.1) is 6.10 Å². The number of β-amino-alcohol motifs (C(OH)–C–C–N with tert-alkyl or cyclic N) is 1. The number of hydrogen-bond donors (Lipinski definition) is 2. The maximum Gasteiger partial charge on any atom is 0.0707 e. The van der Waals surface area contributed by atoms with E-state index in [0.717, 1.165) is 26.1 Å². The summed E-state index contributed by atoms with van der Waals surface area (Å²) >= 11 is 0. The Bertz CT molecular complexity index is 315. The Morgan fingerprint density at radius 2 is 2.06 bits per heavy atom. The van der Waals surface area contributed by atoms with Gasteiger partial charge in [0, 0.05) is 13.1 Å². The number of nitrogens with zero attached hydrogens (tertiary/aromatic N) is 1. The maximum atomic E-state index is 9.90. The van der Waals surface area contributed by atoms with Crippen molar-refractivity contribution < 1.29 is 5.11 Å². The van der Waals surface area contributed by atoms with Crippen LogP contribution in [0.3, 0.4) is 0 Å². The van der Waals surface area contributed by atoms with Crippen molar-refractivity contribution in [3.63, 3.8) is 0 Å². The highest BCUT2D eigenvalue weighted by molar-refractivity contribution is 5.14. The topological polar surface area (TPSA) is 49.5 Å². The second kappa shape index (κ2) is 5.43. The van der Waals surface area contributed by atoms with Gasteiger partial charge in [0.15, 0.2) is 0 Å². The van der Waals surface area contributed by atoms with Gasteiger partial charge < -0.3 is 10.8 Å². The molecule has 0 aliphatic carbocycles. The summed E-state index contributed by atoms with van der Waals surface area (Å²) < 4.78 is 0. The average molecular weight is 220 g/mol. The SMILES string of the molecule is NC[C@H]1CCN(Cc2ccccc2)C[C@@H]1O. The minimum absolute atomic E-state index is 0.262. The van der Waals surface area contributed by atoms with Crippen LogP contribution < -0.4 is 5.73 Å². The third-order valence-corrected chi connectivity index (χ3v) is 3.36. The van der Waals surface area contributed by atoms with Crippen LogP contribution in [0, 0.1) is 5.92 Å². The predicted molar refractivity (Wildman–Crippen MR) is 64.9 cm³/mol. The van der Waals surface area contributed by atoms with E-state index < -0.39 is 0 Å². The molecule has 2 atom stereocenters. The quantitative estimate of drug-likeness (QED) is 0.793. The first kappa shape index (κ1) is 11.6. The first-order valence-electron chi connectivity index (χ1n) is 5.94. The molecule has 0 bridgehead atoms. The molecule has 1 aromatic carbocycles. The van der Waals surface area contributed by atoms with Gasteiger partial charge in [-0.15, -0.1) is 0 Å². The Hall–Kier alpha value is -0.900. The van der Waals surface area contributed by atoms with Gasteiger partial charge in [-0.1, -0.05) is 30.3 Å². The summed E-state index contributed by atoms with van der Waals surface area (Å²) in [5, 5.41) is 9.90. The lowest BCUT2D eigenvalue weighted by Gasteiger charge is -2.35. The molecule has 1 aromatic rings. The highest BCUT2D eigenvalue weighted by Crippen LogP contribution is 2.18. The smallest absolute Gasteiger partial charge is 0.0707 e. The molecule has 2 rings (SSSR count). The van der Waals surface area contributed by atoms with E-state index in [1.165, 1.54) is 5.56 Å². The Balaban J connectivity index is 1.89. The zero-order chi connectivity index (χ0) is 11.4. The highest BCUT2D eigenvalue weighted by Gasteiger charge is 2.26. The van der Waals surface area contributed by atoms with Crippen LogP contribution in [0.4, 0.5) is 0 Å². The molecule has 1 saturated heterocycles. The summed E-state index contributed by atoms with van der Waals surface area (Å²) in [6.07, 6.45) is 0.743. The molecule has 3 N–H and O–H groups in total. The average Bonchev–Trinajstić information content (AvgIpc) is 2.31. The van der Waals surface area contributed by atoms with Crippen LogP contribution in [0.2, 0.25) is 0 Å². The lowest BCUT2D eigenvalue weighted by atomic mass is 9.94. The molecule has 0 saturated carbocycles. The Kier molecular flexibility index (Phi) is 3.93. The Labute approximate surface area is 96.9 Å². The second-order valence-corrected chi connectivity index (χ2v) is 4.57. The maximum absolute atomic E-state index is 9.90. The van der Waals surface area contributed by atoms with E-state index in [0.29, 0.717) is 6.54 Å². The number of piperidine rings is 1. The van der Waals surface area contributed by atoms with Crippen molar-refractivity contribution in [2.45, 2.75) is 19.1 Å². The first-order valence-corrected chi connectivity index (χ1v) is 5.94. The van der Waals surface area contributed by atoms with Crippen LogP contribution in [0.5, 0.6) is 0 Å². The van der Waals surface area contributed by atoms with Crippen molar-refractivity contribution in [2.24, 2.45) is 11.7 Å². The van der Waals surface area contributed by atoms with Crippen molar-refractivity contribution in [3.8, 4) is 0 Å². The summed E-state index contributed by atoms with van der Waals surface area (Å²) in [5.41, 5.74) is 6.92. The lowest BCUT2D eigenvalue weighted by Crippen LogP contribution is -2.45. The molecule has 88 valence electrons. The first-order chi connectivity index (χ1) is 7.79. The van der Waals surface area contributed by atoms with Gasteiger partial charge in [-0.2, -0.15) is 0 Å². The minimum Gasteiger partial charge on any atom is -0.391 e. The van der Waals surface area contributed by atoms with Crippen molar-refractivity contribution in [1.82, 2.24) is 4.90 Å². The number of aliphatic hydroxyl groups excluding tert-OH is 1. The third kappa shape index (κ3) is 2.82. The summed E-state index contributed by atoms with van der Waals surface area (Å²) in [6.45, 7) is 3.31. The molecule has 3 heteroatoms. The molecule has 0 unspecified atom stereocenters. The standard InChI is InChI=1S/C13H20N2O/c14-8-12-6-7-15(10-13(12)16)9-11-4-2-1-3-5-11/h1-5,12-13,16H,6-10,14H2/t12-,13+/m1/s1. The van der Waals surface area contributed by atoms with Crippen molar-refractivity contribution in [1.29, 1.82) is 0 Å². The Morgan fingerprint density at radius 1 is 1.31 bits per heavy atom. The summed E-state index contributed by atoms with van der Waals surface area (Å²) in [5.74, 6) is 0.284. The number of hydrogen-bond acceptors (Lipinski definition) is 3. The van der Waals surface area contributed by atoms with Gasteiger partial charge in [-0.3, -0.25) is 4.90 Å². The molecule has 0 radical (unpaired) electrons. The van der Waals surface area contributed by atoms with E-state index in [1.54, 1.807) is 0 Å². The molecular weight excluding hydrogens is 200 g/mol. The lowest BCUT2D eigenvalue weighted by molar-refractivity contribution is 0.0221. The molecule has 0 amide bonds. The molecule has 0 aromatic heterocycles. The van der Waals surface area contributed by atoms with Crippen molar-refractivity contribution in [3.05, 3.63) is 35.9 Å². The van der Waals surface area contributed by atoms with E-state index in [2.05, 4.69) is 29.2 Å². The normalized spacial score (nSPS) is 26.9. The van der Waals surface area contributed by atoms with E-state index in [-0.39, 0.29) is 12.0 Å². The van der Waals surface area contributed by atoms with E-state index in [4.69, 9.17) is 5.73 Å². The van der Waals surface area contributed by atoms with Crippen LogP contribution in [0.1, 0.15) is 12.0 Å². The molecular formula is C13H20N2O. The molecule has 3 nitrogen and oxygen atoms in total. The second-order valence-electron chi connectivity index (χ2n) is 4.57. The molecule has 1 aliphatic heterocycles. The van der Waals surface area contributed by atoms with E-state index >= 15 is 0 Å². The van der Waals surface area contributed by atoms with Crippen molar-refractivity contribution in [2.75, 3.05) is 19.6 Å². The molecule has 1 aliphatic rings. The largest absolute Gasteiger partial charge is 0.391 e. The van der Waals surface area contributed by atoms with Gasteiger partial charge in [0.2, 0.25) is 0 Å². The number of rotatable bonds is 3. The van der Waals surface area contributed by atoms with Crippen LogP contribution in [-0.2, 0) is 6.54 Å². The molecule has 16 heavy (non-hydrogen) atoms. The fraction of sp³-hybridized carbons (Fsp3) is 0.538. The Morgan fingerprint density at radius 3 is 2.69 bits per heavy atom. The number of aliphatic hydroxyl groups is 1. The van der Waals surface area contributed by atoms with Crippen LogP contribution in [-0.4, -0.2) is 35.7 Å². The molecule has 1 fully saturated rings. The van der Waals surface area contributed by atoms with Crippen molar-refractivity contribution >= 4 is 0 Å². The van der Waals surface area contributed by atoms with Gasteiger partial charge >= 0.3 is 0 Å². The third-order valence-electron chi connectivity index (χ3n) is 3.36. The number of benzene rings is 1. The monoisotopic (exact) mass is 220 g/mol. The van der Waals surface area contributed by atoms with Gasteiger partial charge in [-0.25, -0.2) is 0 Å². The number of likely N-dealkylation sites (tertiary alicyclic amines) is 1. The predicted octanol–water partition coefficient (Wildman–Crippen LogP) is 0.828. The summed E-state index contributed by atoms with van der Waals surface area (Å²) in [7, 11) is 0. The van der Waals surface area contributed by atoms with E-state index in [1.807, 2.05) is 6.07 Å². The van der Waals surface area contributed by atoms with Gasteiger partial charge in [0.1, 0.15) is 0 Å². The molecule has 1 heterocycles. The van der Waals surface area contributed by atoms with Crippen LogP contribution in [0.15, 0.2) is 30.3 Å². The zero-order valence-electron chi connectivity index (χ0n) is 9.55. The van der Waals surface area contributed by atoms with Crippen LogP contribution >= 0.6 is 0 Å². The number of nitrogens with two attached hydrogens (primary N) is 1.